The van der Waals surface area contributed by atoms with Crippen LogP contribution >= 0.6 is 0 Å². The Hall–Kier alpha value is -2.67. The molecule has 0 unspecified atom stereocenters. The van der Waals surface area contributed by atoms with E-state index in [1.807, 2.05) is 25.3 Å². The molecule has 0 aliphatic carbocycles. The monoisotopic (exact) mass is 310 g/mol. The van der Waals surface area contributed by atoms with E-state index < -0.39 is 0 Å². The van der Waals surface area contributed by atoms with Gasteiger partial charge in [-0.05, 0) is 19.1 Å². The van der Waals surface area contributed by atoms with Gasteiger partial charge in [-0.15, -0.1) is 0 Å². The van der Waals surface area contributed by atoms with Crippen molar-refractivity contribution in [2.45, 2.75) is 13.0 Å². The van der Waals surface area contributed by atoms with Crippen molar-refractivity contribution in [3.63, 3.8) is 0 Å². The van der Waals surface area contributed by atoms with Crippen LogP contribution in [0.15, 0.2) is 36.9 Å². The molecule has 1 aliphatic rings. The lowest BCUT2D eigenvalue weighted by atomic mass is 10.1. The summed E-state index contributed by atoms with van der Waals surface area (Å²) in [7, 11) is 0. The maximum Gasteiger partial charge on any atom is 0.165 e. The molecule has 1 fully saturated rings. The maximum atomic E-state index is 5.83. The van der Waals surface area contributed by atoms with Crippen molar-refractivity contribution in [3.8, 4) is 11.1 Å². The summed E-state index contributed by atoms with van der Waals surface area (Å²) in [6.07, 6.45) is 7.43. The second-order valence-electron chi connectivity index (χ2n) is 5.60. The SMILES string of the molecule is CCOC1CN(c2ccn3ncc(-c4cncc(N)c4)c3n2)C1. The standard InChI is InChI=1S/C16H18N6O/c1-2-23-13-9-21(10-13)15-3-4-22-16(20-15)14(8-19-22)11-5-12(17)7-18-6-11/h3-8,13H,2,9-10,17H2,1H3. The molecule has 3 aromatic rings. The predicted octanol–water partition coefficient (Wildman–Crippen LogP) is 1.60. The Labute approximate surface area is 133 Å². The fourth-order valence-corrected chi connectivity index (χ4v) is 2.81. The molecule has 4 rings (SSSR count). The van der Waals surface area contributed by atoms with Crippen LogP contribution in [0, 0.1) is 0 Å². The van der Waals surface area contributed by atoms with E-state index in [0.29, 0.717) is 11.8 Å². The summed E-state index contributed by atoms with van der Waals surface area (Å²) in [5.74, 6) is 0.937. The van der Waals surface area contributed by atoms with Crippen LogP contribution in [-0.2, 0) is 4.74 Å². The summed E-state index contributed by atoms with van der Waals surface area (Å²) < 4.78 is 7.36. The number of nitrogens with two attached hydrogens (primary N) is 1. The van der Waals surface area contributed by atoms with Gasteiger partial charge in [-0.1, -0.05) is 0 Å². The van der Waals surface area contributed by atoms with Gasteiger partial charge in [0.05, 0.1) is 18.0 Å². The van der Waals surface area contributed by atoms with Crippen molar-refractivity contribution in [1.29, 1.82) is 0 Å². The molecule has 1 aliphatic heterocycles. The second kappa shape index (κ2) is 5.51. The van der Waals surface area contributed by atoms with E-state index in [4.69, 9.17) is 15.5 Å². The molecule has 7 heteroatoms. The van der Waals surface area contributed by atoms with E-state index in [1.165, 1.54) is 0 Å². The molecule has 118 valence electrons. The zero-order chi connectivity index (χ0) is 15.8. The third-order valence-corrected chi connectivity index (χ3v) is 4.00. The largest absolute Gasteiger partial charge is 0.397 e. The highest BCUT2D eigenvalue weighted by molar-refractivity contribution is 5.78. The molecule has 3 aromatic heterocycles. The summed E-state index contributed by atoms with van der Waals surface area (Å²) in [6.45, 7) is 4.52. The quantitative estimate of drug-likeness (QED) is 0.788. The highest BCUT2D eigenvalue weighted by Crippen LogP contribution is 2.27. The zero-order valence-electron chi connectivity index (χ0n) is 12.9. The first-order valence-corrected chi connectivity index (χ1v) is 7.66. The summed E-state index contributed by atoms with van der Waals surface area (Å²) >= 11 is 0. The first kappa shape index (κ1) is 14.0. The van der Waals surface area contributed by atoms with Crippen LogP contribution in [0.5, 0.6) is 0 Å². The van der Waals surface area contributed by atoms with Gasteiger partial charge in [-0.25, -0.2) is 9.50 Å². The van der Waals surface area contributed by atoms with E-state index in [-0.39, 0.29) is 0 Å². The third kappa shape index (κ3) is 2.49. The van der Waals surface area contributed by atoms with Gasteiger partial charge in [-0.3, -0.25) is 4.98 Å². The summed E-state index contributed by atoms with van der Waals surface area (Å²) in [6, 6.07) is 3.86. The van der Waals surface area contributed by atoms with E-state index in [0.717, 1.165) is 42.3 Å². The number of hydrogen-bond donors (Lipinski definition) is 1. The Morgan fingerprint density at radius 3 is 2.96 bits per heavy atom. The Kier molecular flexibility index (Phi) is 3.34. The van der Waals surface area contributed by atoms with Crippen molar-refractivity contribution in [1.82, 2.24) is 19.6 Å². The molecule has 1 saturated heterocycles. The van der Waals surface area contributed by atoms with Crippen molar-refractivity contribution in [2.75, 3.05) is 30.3 Å². The van der Waals surface area contributed by atoms with E-state index in [9.17, 15) is 0 Å². The molecule has 0 aromatic carbocycles. The number of pyridine rings is 1. The summed E-state index contributed by atoms with van der Waals surface area (Å²) in [5, 5.41) is 4.36. The molecule has 23 heavy (non-hydrogen) atoms. The number of rotatable bonds is 4. The van der Waals surface area contributed by atoms with Crippen LogP contribution in [0.25, 0.3) is 16.8 Å². The Bertz CT molecular complexity index is 839. The van der Waals surface area contributed by atoms with Crippen molar-refractivity contribution >= 4 is 17.2 Å². The normalized spacial score (nSPS) is 15.1. The van der Waals surface area contributed by atoms with E-state index >= 15 is 0 Å². The predicted molar refractivity (Wildman–Crippen MR) is 88.3 cm³/mol. The smallest absolute Gasteiger partial charge is 0.165 e. The first-order valence-electron chi connectivity index (χ1n) is 7.66. The average molecular weight is 310 g/mol. The van der Waals surface area contributed by atoms with Crippen LogP contribution in [-0.4, -0.2) is 45.4 Å². The third-order valence-electron chi connectivity index (χ3n) is 4.00. The molecule has 0 atom stereocenters. The van der Waals surface area contributed by atoms with Crippen molar-refractivity contribution in [3.05, 3.63) is 36.9 Å². The van der Waals surface area contributed by atoms with Gasteiger partial charge >= 0.3 is 0 Å². The number of fused-ring (bicyclic) bond motifs is 1. The molecule has 0 radical (unpaired) electrons. The molecule has 0 spiro atoms. The lowest BCUT2D eigenvalue weighted by Gasteiger charge is -2.39. The van der Waals surface area contributed by atoms with Crippen LogP contribution in [0.2, 0.25) is 0 Å². The second-order valence-corrected chi connectivity index (χ2v) is 5.60. The highest BCUT2D eigenvalue weighted by atomic mass is 16.5. The number of aromatic nitrogens is 4. The number of nitrogens with zero attached hydrogens (tertiary/aromatic N) is 5. The number of nitrogen functional groups attached to an aromatic ring is 1. The minimum absolute atomic E-state index is 0.306. The van der Waals surface area contributed by atoms with Gasteiger partial charge in [0.1, 0.15) is 5.82 Å². The number of anilines is 2. The first-order chi connectivity index (χ1) is 11.2. The van der Waals surface area contributed by atoms with E-state index in [1.54, 1.807) is 23.1 Å². The van der Waals surface area contributed by atoms with E-state index in [2.05, 4.69) is 15.0 Å². The maximum absolute atomic E-state index is 5.83. The highest BCUT2D eigenvalue weighted by Gasteiger charge is 2.28. The topological polar surface area (TPSA) is 81.6 Å². The molecule has 7 nitrogen and oxygen atoms in total. The van der Waals surface area contributed by atoms with Crippen LogP contribution in [0.3, 0.4) is 0 Å². The lowest BCUT2D eigenvalue weighted by Crippen LogP contribution is -2.52. The van der Waals surface area contributed by atoms with Gasteiger partial charge in [0.25, 0.3) is 0 Å². The van der Waals surface area contributed by atoms with Crippen LogP contribution in [0.1, 0.15) is 6.92 Å². The van der Waals surface area contributed by atoms with Crippen LogP contribution < -0.4 is 10.6 Å². The number of hydrogen-bond acceptors (Lipinski definition) is 6. The minimum atomic E-state index is 0.306. The minimum Gasteiger partial charge on any atom is -0.397 e. The molecular formula is C16H18N6O. The molecular weight excluding hydrogens is 292 g/mol. The zero-order valence-corrected chi connectivity index (χ0v) is 12.9. The Balaban J connectivity index is 1.67. The molecule has 4 heterocycles. The fourth-order valence-electron chi connectivity index (χ4n) is 2.81. The lowest BCUT2D eigenvalue weighted by molar-refractivity contribution is 0.0427. The molecule has 0 saturated carbocycles. The van der Waals surface area contributed by atoms with Gasteiger partial charge in [0, 0.05) is 49.4 Å². The molecule has 0 amide bonds. The molecule has 2 N–H and O–H groups in total. The van der Waals surface area contributed by atoms with Gasteiger partial charge in [0.15, 0.2) is 5.65 Å². The van der Waals surface area contributed by atoms with Gasteiger partial charge in [0.2, 0.25) is 0 Å². The summed E-state index contributed by atoms with van der Waals surface area (Å²) in [4.78, 5) is 11.1. The van der Waals surface area contributed by atoms with Gasteiger partial charge < -0.3 is 15.4 Å². The average Bonchev–Trinajstić information content (AvgIpc) is 2.93. The number of ether oxygens (including phenoxy) is 1. The van der Waals surface area contributed by atoms with Crippen molar-refractivity contribution < 1.29 is 4.74 Å². The Morgan fingerprint density at radius 2 is 2.17 bits per heavy atom. The fraction of sp³-hybridized carbons (Fsp3) is 0.312. The summed E-state index contributed by atoms with van der Waals surface area (Å²) in [5.41, 5.74) is 9.10. The van der Waals surface area contributed by atoms with Crippen LogP contribution in [0.4, 0.5) is 11.5 Å². The van der Waals surface area contributed by atoms with Gasteiger partial charge in [-0.2, -0.15) is 5.10 Å². The molecule has 0 bridgehead atoms. The van der Waals surface area contributed by atoms with Crippen molar-refractivity contribution in [2.24, 2.45) is 0 Å². The Morgan fingerprint density at radius 1 is 1.30 bits per heavy atom.